The lowest BCUT2D eigenvalue weighted by molar-refractivity contribution is 0.0686. The predicted molar refractivity (Wildman–Crippen MR) is 99.3 cm³/mol. The molecule has 0 aliphatic heterocycles. The molecule has 132 valence electrons. The van der Waals surface area contributed by atoms with Crippen molar-refractivity contribution in [3.05, 3.63) is 59.1 Å². The van der Waals surface area contributed by atoms with E-state index in [2.05, 4.69) is 18.1 Å². The van der Waals surface area contributed by atoms with Gasteiger partial charge >= 0.3 is 5.97 Å². The number of aromatic nitrogens is 1. The maximum atomic E-state index is 11.2. The zero-order chi connectivity index (χ0) is 18.4. The van der Waals surface area contributed by atoms with Crippen LogP contribution >= 0.6 is 11.6 Å². The second-order valence-electron chi connectivity index (χ2n) is 5.86. The Morgan fingerprint density at radius 1 is 1.42 bits per heavy atom. The lowest BCUT2D eigenvalue weighted by Gasteiger charge is -2.25. The van der Waals surface area contributed by atoms with E-state index in [1.54, 1.807) is 29.8 Å². The van der Waals surface area contributed by atoms with Crippen LogP contribution in [0.1, 0.15) is 21.7 Å². The summed E-state index contributed by atoms with van der Waals surface area (Å²) < 4.78 is 1.71. The van der Waals surface area contributed by atoms with E-state index in [1.807, 2.05) is 25.9 Å². The standard InChI is InChI=1S/C18H26ClN3O2/c1-7-8-16(19)14(3)21(5)10-9-20(4)12-15-11-17(18(23)24)22(6)13(15)2/h7-8,11H,1,3,9-10,12H2,2,4-6H3,(H,23,24)/b16-8+. The van der Waals surface area contributed by atoms with Crippen LogP contribution in [0.2, 0.25) is 0 Å². The van der Waals surface area contributed by atoms with Crippen molar-refractivity contribution in [1.29, 1.82) is 0 Å². The summed E-state index contributed by atoms with van der Waals surface area (Å²) >= 11 is 6.12. The van der Waals surface area contributed by atoms with Crippen molar-refractivity contribution < 1.29 is 9.90 Å². The van der Waals surface area contributed by atoms with Crippen molar-refractivity contribution >= 4 is 17.6 Å². The molecule has 1 heterocycles. The number of aromatic carboxylic acids is 1. The molecule has 0 atom stereocenters. The number of nitrogens with zero attached hydrogens (tertiary/aromatic N) is 3. The fraction of sp³-hybridized carbons (Fsp3) is 0.389. The van der Waals surface area contributed by atoms with Crippen molar-refractivity contribution in [2.75, 3.05) is 27.2 Å². The van der Waals surface area contributed by atoms with Crippen LogP contribution in [0.4, 0.5) is 0 Å². The molecule has 0 aromatic carbocycles. The molecule has 0 saturated heterocycles. The maximum Gasteiger partial charge on any atom is 0.352 e. The van der Waals surface area contributed by atoms with Gasteiger partial charge < -0.3 is 19.5 Å². The third-order valence-electron chi connectivity index (χ3n) is 4.12. The molecule has 6 heteroatoms. The van der Waals surface area contributed by atoms with E-state index < -0.39 is 5.97 Å². The topological polar surface area (TPSA) is 48.7 Å². The van der Waals surface area contributed by atoms with Crippen LogP contribution in [0.15, 0.2) is 42.1 Å². The van der Waals surface area contributed by atoms with Crippen LogP contribution < -0.4 is 0 Å². The second-order valence-corrected chi connectivity index (χ2v) is 6.27. The van der Waals surface area contributed by atoms with Crippen LogP contribution in [0, 0.1) is 6.92 Å². The Hall–Kier alpha value is -1.98. The summed E-state index contributed by atoms with van der Waals surface area (Å²) in [6.07, 6.45) is 3.34. The second kappa shape index (κ2) is 8.76. The molecule has 0 bridgehead atoms. The van der Waals surface area contributed by atoms with Crippen LogP contribution in [-0.2, 0) is 13.6 Å². The average Bonchev–Trinajstić information content (AvgIpc) is 2.80. The predicted octanol–water partition coefficient (Wildman–Crippen LogP) is 3.22. The minimum atomic E-state index is -0.908. The summed E-state index contributed by atoms with van der Waals surface area (Å²) in [7, 11) is 5.71. The van der Waals surface area contributed by atoms with Gasteiger partial charge in [0, 0.05) is 45.1 Å². The summed E-state index contributed by atoms with van der Waals surface area (Å²) in [6.45, 7) is 11.8. The first-order valence-electron chi connectivity index (χ1n) is 7.64. The van der Waals surface area contributed by atoms with Gasteiger partial charge in [0.05, 0.1) is 5.03 Å². The first-order chi connectivity index (χ1) is 11.2. The van der Waals surface area contributed by atoms with E-state index in [0.717, 1.165) is 30.0 Å². The summed E-state index contributed by atoms with van der Waals surface area (Å²) in [5.41, 5.74) is 3.04. The van der Waals surface area contributed by atoms with E-state index in [9.17, 15) is 9.90 Å². The molecule has 1 aromatic rings. The van der Waals surface area contributed by atoms with Gasteiger partial charge in [-0.05, 0) is 31.7 Å². The van der Waals surface area contributed by atoms with Gasteiger partial charge in [0.2, 0.25) is 0 Å². The lowest BCUT2D eigenvalue weighted by Crippen LogP contribution is -2.30. The van der Waals surface area contributed by atoms with Gasteiger partial charge in [0.1, 0.15) is 5.69 Å². The number of likely N-dealkylation sites (N-methyl/N-ethyl adjacent to an activating group) is 2. The highest BCUT2D eigenvalue weighted by Crippen LogP contribution is 2.17. The number of carbonyl (C=O) groups is 1. The normalized spacial score (nSPS) is 11.7. The van der Waals surface area contributed by atoms with Crippen molar-refractivity contribution in [2.24, 2.45) is 7.05 Å². The third-order valence-corrected chi connectivity index (χ3v) is 4.46. The number of hydrogen-bond acceptors (Lipinski definition) is 3. The van der Waals surface area contributed by atoms with Gasteiger partial charge in [-0.2, -0.15) is 0 Å². The Bertz CT molecular complexity index is 661. The SMILES string of the molecule is C=C/C=C(/Cl)C(=C)N(C)CCN(C)Cc1cc(C(=O)O)n(C)c1C. The van der Waals surface area contributed by atoms with Crippen molar-refractivity contribution in [2.45, 2.75) is 13.5 Å². The molecule has 0 radical (unpaired) electrons. The Labute approximate surface area is 149 Å². The summed E-state index contributed by atoms with van der Waals surface area (Å²) in [5, 5.41) is 9.76. The molecule has 1 rings (SSSR count). The van der Waals surface area contributed by atoms with E-state index in [0.29, 0.717) is 17.3 Å². The fourth-order valence-corrected chi connectivity index (χ4v) is 2.57. The molecule has 5 nitrogen and oxygen atoms in total. The molecule has 24 heavy (non-hydrogen) atoms. The van der Waals surface area contributed by atoms with Gasteiger partial charge in [-0.15, -0.1) is 0 Å². The number of allylic oxidation sites excluding steroid dienone is 3. The molecule has 0 amide bonds. The molecule has 1 aromatic heterocycles. The van der Waals surface area contributed by atoms with E-state index in [4.69, 9.17) is 11.6 Å². The number of carboxylic acid groups (broad SMARTS) is 1. The molecule has 1 N–H and O–H groups in total. The molecule has 0 unspecified atom stereocenters. The van der Waals surface area contributed by atoms with Gasteiger partial charge in [0.25, 0.3) is 0 Å². The smallest absolute Gasteiger partial charge is 0.352 e. The molecular weight excluding hydrogens is 326 g/mol. The van der Waals surface area contributed by atoms with Crippen LogP contribution in [0.3, 0.4) is 0 Å². The van der Waals surface area contributed by atoms with Crippen molar-refractivity contribution in [1.82, 2.24) is 14.4 Å². The molecular formula is C18H26ClN3O2. The molecule has 0 fully saturated rings. The molecule has 0 aliphatic rings. The zero-order valence-electron chi connectivity index (χ0n) is 14.8. The van der Waals surface area contributed by atoms with Crippen molar-refractivity contribution in [3.8, 4) is 0 Å². The highest BCUT2D eigenvalue weighted by Gasteiger charge is 2.15. The van der Waals surface area contributed by atoms with Gasteiger partial charge in [-0.3, -0.25) is 0 Å². The molecule has 0 spiro atoms. The highest BCUT2D eigenvalue weighted by atomic mass is 35.5. The Balaban J connectivity index is 2.64. The Morgan fingerprint density at radius 2 is 2.04 bits per heavy atom. The van der Waals surface area contributed by atoms with Crippen LogP contribution in [0.25, 0.3) is 0 Å². The monoisotopic (exact) mass is 351 g/mol. The molecule has 0 saturated carbocycles. The fourth-order valence-electron chi connectivity index (χ4n) is 2.34. The van der Waals surface area contributed by atoms with Crippen molar-refractivity contribution in [3.63, 3.8) is 0 Å². The number of carboxylic acids is 1. The van der Waals surface area contributed by atoms with Gasteiger partial charge in [-0.25, -0.2) is 4.79 Å². The third kappa shape index (κ3) is 5.01. The Morgan fingerprint density at radius 3 is 2.54 bits per heavy atom. The summed E-state index contributed by atoms with van der Waals surface area (Å²) in [6, 6.07) is 1.74. The minimum Gasteiger partial charge on any atom is -0.477 e. The van der Waals surface area contributed by atoms with Crippen LogP contribution in [0.5, 0.6) is 0 Å². The number of halogens is 1. The first-order valence-corrected chi connectivity index (χ1v) is 8.02. The zero-order valence-corrected chi connectivity index (χ0v) is 15.6. The summed E-state index contributed by atoms with van der Waals surface area (Å²) in [5.74, 6) is -0.908. The van der Waals surface area contributed by atoms with Crippen LogP contribution in [-0.4, -0.2) is 52.6 Å². The highest BCUT2D eigenvalue weighted by molar-refractivity contribution is 6.31. The quantitative estimate of drug-likeness (QED) is 0.694. The number of rotatable bonds is 9. The minimum absolute atomic E-state index is 0.308. The van der Waals surface area contributed by atoms with E-state index in [1.165, 1.54) is 0 Å². The first kappa shape index (κ1) is 20.1. The summed E-state index contributed by atoms with van der Waals surface area (Å²) in [4.78, 5) is 15.3. The van der Waals surface area contributed by atoms with E-state index >= 15 is 0 Å². The molecule has 0 aliphatic carbocycles. The Kier molecular flexibility index (Phi) is 7.32. The van der Waals surface area contributed by atoms with E-state index in [-0.39, 0.29) is 0 Å². The average molecular weight is 352 g/mol. The van der Waals surface area contributed by atoms with Gasteiger partial charge in [0.15, 0.2) is 0 Å². The lowest BCUT2D eigenvalue weighted by atomic mass is 10.2. The largest absolute Gasteiger partial charge is 0.477 e. The van der Waals surface area contributed by atoms with Gasteiger partial charge in [-0.1, -0.05) is 30.8 Å². The number of hydrogen-bond donors (Lipinski definition) is 1. The maximum absolute atomic E-state index is 11.2.